The number of aliphatic hydroxyl groups is 1. The van der Waals surface area contributed by atoms with Crippen molar-refractivity contribution in [2.24, 2.45) is 11.8 Å². The van der Waals surface area contributed by atoms with Crippen LogP contribution in [0, 0.1) is 18.8 Å². The zero-order valence-corrected chi connectivity index (χ0v) is 13.5. The number of halogens is 1. The van der Waals surface area contributed by atoms with Crippen molar-refractivity contribution in [3.8, 4) is 0 Å². The van der Waals surface area contributed by atoms with Gasteiger partial charge in [0.15, 0.2) is 0 Å². The summed E-state index contributed by atoms with van der Waals surface area (Å²) < 4.78 is 28.2. The van der Waals surface area contributed by atoms with Crippen LogP contribution in [0.1, 0.15) is 36.8 Å². The van der Waals surface area contributed by atoms with Gasteiger partial charge in [0.05, 0.1) is 11.5 Å². The molecule has 3 rings (SSSR count). The molecule has 1 aromatic rings. The van der Waals surface area contributed by atoms with E-state index in [4.69, 9.17) is 11.6 Å². The van der Waals surface area contributed by atoms with Crippen LogP contribution in [0.2, 0.25) is 5.02 Å². The summed E-state index contributed by atoms with van der Waals surface area (Å²) in [6.07, 6.45) is 4.43. The van der Waals surface area contributed by atoms with E-state index < -0.39 is 10.0 Å². The molecule has 3 unspecified atom stereocenters. The number of hydrogen-bond donors (Lipinski definition) is 2. The van der Waals surface area contributed by atoms with Gasteiger partial charge in [0.1, 0.15) is 0 Å². The van der Waals surface area contributed by atoms with Gasteiger partial charge < -0.3 is 5.11 Å². The van der Waals surface area contributed by atoms with Crippen LogP contribution in [0.25, 0.3) is 0 Å². The molecule has 2 aliphatic carbocycles. The van der Waals surface area contributed by atoms with E-state index in [1.54, 1.807) is 13.0 Å². The molecule has 0 spiro atoms. The fourth-order valence-electron chi connectivity index (χ4n) is 3.80. The maximum absolute atomic E-state index is 12.7. The van der Waals surface area contributed by atoms with E-state index in [0.717, 1.165) is 19.3 Å². The Bertz CT molecular complexity index is 659. The Morgan fingerprint density at radius 3 is 2.67 bits per heavy atom. The lowest BCUT2D eigenvalue weighted by Gasteiger charge is -2.23. The van der Waals surface area contributed by atoms with Crippen molar-refractivity contribution >= 4 is 21.6 Å². The number of benzene rings is 1. The van der Waals surface area contributed by atoms with Crippen LogP contribution in [-0.4, -0.2) is 19.6 Å². The van der Waals surface area contributed by atoms with Crippen molar-refractivity contribution in [2.75, 3.05) is 0 Å². The highest BCUT2D eigenvalue weighted by atomic mass is 35.5. The lowest BCUT2D eigenvalue weighted by Crippen LogP contribution is -2.38. The summed E-state index contributed by atoms with van der Waals surface area (Å²) in [5.74, 6) is 1.15. The second-order valence-corrected chi connectivity index (χ2v) is 8.37. The highest BCUT2D eigenvalue weighted by Crippen LogP contribution is 2.45. The molecule has 116 valence electrons. The maximum Gasteiger partial charge on any atom is 0.241 e. The average molecular weight is 330 g/mol. The maximum atomic E-state index is 12.7. The summed E-state index contributed by atoms with van der Waals surface area (Å²) in [6.45, 7) is 1.49. The first-order valence-corrected chi connectivity index (χ1v) is 9.19. The quantitative estimate of drug-likeness (QED) is 0.892. The third-order valence-electron chi connectivity index (χ3n) is 4.94. The molecular weight excluding hydrogens is 310 g/mol. The Morgan fingerprint density at radius 2 is 2.10 bits per heavy atom. The summed E-state index contributed by atoms with van der Waals surface area (Å²) in [7, 11) is -3.60. The molecule has 0 heterocycles. The van der Waals surface area contributed by atoms with Gasteiger partial charge in [0, 0.05) is 11.1 Å². The Balaban J connectivity index is 1.90. The molecule has 3 atom stereocenters. The fourth-order valence-corrected chi connectivity index (χ4v) is 5.74. The lowest BCUT2D eigenvalue weighted by atomic mass is 9.96. The van der Waals surface area contributed by atoms with Crippen molar-refractivity contribution in [3.63, 3.8) is 0 Å². The van der Waals surface area contributed by atoms with Gasteiger partial charge in [-0.3, -0.25) is 0 Å². The summed E-state index contributed by atoms with van der Waals surface area (Å²) in [5.41, 5.74) is 1.12. The standard InChI is InChI=1S/C15H20ClNO3S/c1-9-12(8-18)6-13(16)7-15(9)21(19,20)17-14-5-10-2-3-11(14)4-10/h6-7,10-11,14,17-18H,2-5,8H2,1H3. The zero-order chi connectivity index (χ0) is 15.2. The third kappa shape index (κ3) is 2.84. The molecular formula is C15H20ClNO3S. The van der Waals surface area contributed by atoms with Gasteiger partial charge in [0.25, 0.3) is 0 Å². The highest BCUT2D eigenvalue weighted by molar-refractivity contribution is 7.89. The number of fused-ring (bicyclic) bond motifs is 2. The average Bonchev–Trinajstić information content (AvgIpc) is 3.02. The minimum Gasteiger partial charge on any atom is -0.392 e. The van der Waals surface area contributed by atoms with E-state index in [1.807, 2.05) is 0 Å². The Morgan fingerprint density at radius 1 is 1.33 bits per heavy atom. The molecule has 0 aromatic heterocycles. The van der Waals surface area contributed by atoms with Crippen molar-refractivity contribution in [1.82, 2.24) is 4.72 Å². The molecule has 21 heavy (non-hydrogen) atoms. The smallest absolute Gasteiger partial charge is 0.241 e. The van der Waals surface area contributed by atoms with Gasteiger partial charge in [-0.1, -0.05) is 18.0 Å². The van der Waals surface area contributed by atoms with E-state index in [9.17, 15) is 13.5 Å². The van der Waals surface area contributed by atoms with Crippen LogP contribution in [0.15, 0.2) is 17.0 Å². The molecule has 0 saturated heterocycles. The predicted molar refractivity (Wildman–Crippen MR) is 81.7 cm³/mol. The molecule has 6 heteroatoms. The first kappa shape index (κ1) is 15.3. The van der Waals surface area contributed by atoms with Crippen molar-refractivity contribution in [2.45, 2.75) is 50.2 Å². The van der Waals surface area contributed by atoms with E-state index in [-0.39, 0.29) is 17.5 Å². The van der Waals surface area contributed by atoms with E-state index >= 15 is 0 Å². The van der Waals surface area contributed by atoms with E-state index in [2.05, 4.69) is 4.72 Å². The summed E-state index contributed by atoms with van der Waals surface area (Å²) in [4.78, 5) is 0.182. The molecule has 0 radical (unpaired) electrons. The number of rotatable bonds is 4. The molecule has 4 nitrogen and oxygen atoms in total. The number of hydrogen-bond acceptors (Lipinski definition) is 3. The number of aliphatic hydroxyl groups excluding tert-OH is 1. The Kier molecular flexibility index (Phi) is 4.03. The second-order valence-electron chi connectivity index (χ2n) is 6.25. The third-order valence-corrected chi connectivity index (χ3v) is 6.77. The molecule has 0 amide bonds. The van der Waals surface area contributed by atoms with Gasteiger partial charge in [-0.25, -0.2) is 13.1 Å². The van der Waals surface area contributed by atoms with Crippen molar-refractivity contribution in [3.05, 3.63) is 28.3 Å². The molecule has 2 fully saturated rings. The van der Waals surface area contributed by atoms with Gasteiger partial charge in [-0.15, -0.1) is 0 Å². The number of sulfonamides is 1. The first-order valence-electron chi connectivity index (χ1n) is 7.33. The van der Waals surface area contributed by atoms with Crippen LogP contribution in [-0.2, 0) is 16.6 Å². The van der Waals surface area contributed by atoms with Crippen molar-refractivity contribution < 1.29 is 13.5 Å². The Labute approximate surface area is 130 Å². The molecule has 2 aliphatic rings. The minimum absolute atomic E-state index is 0.0460. The normalized spacial score (nSPS) is 28.2. The predicted octanol–water partition coefficient (Wildman–Crippen LogP) is 2.61. The molecule has 2 bridgehead atoms. The van der Waals surface area contributed by atoms with Crippen LogP contribution >= 0.6 is 11.6 Å². The molecule has 1 aromatic carbocycles. The molecule has 2 saturated carbocycles. The molecule has 0 aliphatic heterocycles. The van der Waals surface area contributed by atoms with Crippen LogP contribution in [0.3, 0.4) is 0 Å². The van der Waals surface area contributed by atoms with E-state index in [1.165, 1.54) is 12.5 Å². The largest absolute Gasteiger partial charge is 0.392 e. The van der Waals surface area contributed by atoms with Crippen LogP contribution < -0.4 is 4.72 Å². The van der Waals surface area contributed by atoms with Gasteiger partial charge in [-0.2, -0.15) is 0 Å². The van der Waals surface area contributed by atoms with Gasteiger partial charge in [0.2, 0.25) is 10.0 Å². The highest BCUT2D eigenvalue weighted by Gasteiger charge is 2.41. The van der Waals surface area contributed by atoms with Crippen LogP contribution in [0.5, 0.6) is 0 Å². The summed E-state index contributed by atoms with van der Waals surface area (Å²) in [5, 5.41) is 9.66. The van der Waals surface area contributed by atoms with Gasteiger partial charge in [-0.05, 0) is 61.3 Å². The lowest BCUT2D eigenvalue weighted by molar-refractivity contribution is 0.280. The van der Waals surface area contributed by atoms with E-state index in [0.29, 0.717) is 28.0 Å². The minimum atomic E-state index is -3.60. The number of nitrogens with one attached hydrogen (secondary N) is 1. The SMILES string of the molecule is Cc1c(CO)cc(Cl)cc1S(=O)(=O)NC1CC2CCC1C2. The van der Waals surface area contributed by atoms with Crippen LogP contribution in [0.4, 0.5) is 0 Å². The summed E-state index contributed by atoms with van der Waals surface area (Å²) >= 11 is 5.98. The first-order chi connectivity index (χ1) is 9.90. The van der Waals surface area contributed by atoms with Crippen molar-refractivity contribution in [1.29, 1.82) is 0 Å². The summed E-state index contributed by atoms with van der Waals surface area (Å²) in [6, 6.07) is 3.11. The fraction of sp³-hybridized carbons (Fsp3) is 0.600. The monoisotopic (exact) mass is 329 g/mol. The molecule has 2 N–H and O–H groups in total. The second kappa shape index (κ2) is 5.54. The van der Waals surface area contributed by atoms with Gasteiger partial charge >= 0.3 is 0 Å². The Hall–Kier alpha value is -0.620. The topological polar surface area (TPSA) is 66.4 Å². The zero-order valence-electron chi connectivity index (χ0n) is 12.0.